The van der Waals surface area contributed by atoms with Crippen LogP contribution in [0.2, 0.25) is 0 Å². The number of hydrogen-bond acceptors (Lipinski definition) is 5. The van der Waals surface area contributed by atoms with Gasteiger partial charge < -0.3 is 14.8 Å². The molecule has 1 aromatic rings. The van der Waals surface area contributed by atoms with E-state index in [1.807, 2.05) is 0 Å². The van der Waals surface area contributed by atoms with Crippen molar-refractivity contribution in [2.75, 3.05) is 24.3 Å². The first-order chi connectivity index (χ1) is 10.2. The average molecular weight is 314 g/mol. The van der Waals surface area contributed by atoms with Crippen LogP contribution in [0, 0.1) is 0 Å². The third kappa shape index (κ3) is 3.65. The summed E-state index contributed by atoms with van der Waals surface area (Å²) in [5, 5.41) is 4.10. The van der Waals surface area contributed by atoms with Gasteiger partial charge in [-0.15, -0.1) is 0 Å². The number of alkyl halides is 2. The summed E-state index contributed by atoms with van der Waals surface area (Å²) >= 11 is 1.69. The summed E-state index contributed by atoms with van der Waals surface area (Å²) in [6.07, 6.45) is 1.90. The fraction of sp³-hybridized carbons (Fsp3) is 0.500. The van der Waals surface area contributed by atoms with Gasteiger partial charge in [-0.05, 0) is 37.1 Å². The van der Waals surface area contributed by atoms with Crippen molar-refractivity contribution >= 4 is 22.6 Å². The van der Waals surface area contributed by atoms with E-state index < -0.39 is 6.61 Å². The zero-order chi connectivity index (χ0) is 14.7. The van der Waals surface area contributed by atoms with Gasteiger partial charge in [-0.1, -0.05) is 11.8 Å². The Bertz CT molecular complexity index is 516. The molecule has 21 heavy (non-hydrogen) atoms. The summed E-state index contributed by atoms with van der Waals surface area (Å²) in [5.74, 6) is 1.11. The summed E-state index contributed by atoms with van der Waals surface area (Å²) in [6, 6.07) is 6.43. The van der Waals surface area contributed by atoms with Crippen molar-refractivity contribution in [2.45, 2.75) is 25.0 Å². The number of anilines is 1. The average Bonchev–Trinajstić information content (AvgIpc) is 2.84. The van der Waals surface area contributed by atoms with Gasteiger partial charge in [0, 0.05) is 24.7 Å². The number of ether oxygens (including phenoxy) is 2. The molecule has 2 aliphatic rings. The number of hydrogen-bond donors (Lipinski definition) is 1. The minimum absolute atomic E-state index is 0.00395. The number of benzene rings is 1. The third-order valence-electron chi connectivity index (χ3n) is 3.57. The topological polar surface area (TPSA) is 42.8 Å². The molecule has 0 saturated carbocycles. The molecular formula is C14H16F2N2O2S. The van der Waals surface area contributed by atoms with Gasteiger partial charge >= 0.3 is 6.61 Å². The van der Waals surface area contributed by atoms with Crippen molar-refractivity contribution < 1.29 is 18.3 Å². The van der Waals surface area contributed by atoms with Crippen LogP contribution in [0.1, 0.15) is 12.8 Å². The molecule has 0 unspecified atom stereocenters. The SMILES string of the molecule is FC(F)Oc1ccc(NC2=NC3(CCOCC3)CS2)cc1. The smallest absolute Gasteiger partial charge is 0.387 e. The van der Waals surface area contributed by atoms with Crippen molar-refractivity contribution in [3.05, 3.63) is 24.3 Å². The van der Waals surface area contributed by atoms with Crippen LogP contribution in [0.15, 0.2) is 29.3 Å². The molecule has 1 aromatic carbocycles. The fourth-order valence-corrected chi connectivity index (χ4v) is 3.60. The molecule has 0 aliphatic carbocycles. The second-order valence-corrected chi connectivity index (χ2v) is 6.03. The second kappa shape index (κ2) is 6.19. The molecule has 1 spiro atoms. The summed E-state index contributed by atoms with van der Waals surface area (Å²) in [7, 11) is 0. The van der Waals surface area contributed by atoms with E-state index in [9.17, 15) is 8.78 Å². The lowest BCUT2D eigenvalue weighted by Gasteiger charge is -2.29. The molecule has 2 heterocycles. The van der Waals surface area contributed by atoms with E-state index in [0.29, 0.717) is 0 Å². The molecule has 114 valence electrons. The van der Waals surface area contributed by atoms with E-state index in [1.54, 1.807) is 23.9 Å². The van der Waals surface area contributed by atoms with Gasteiger partial charge in [0.05, 0.1) is 5.54 Å². The Kier molecular flexibility index (Phi) is 4.30. The van der Waals surface area contributed by atoms with E-state index in [0.717, 1.165) is 42.7 Å². The van der Waals surface area contributed by atoms with Crippen LogP contribution in [-0.2, 0) is 4.74 Å². The summed E-state index contributed by atoms with van der Waals surface area (Å²) < 4.78 is 33.9. The van der Waals surface area contributed by atoms with Gasteiger partial charge in [0.1, 0.15) is 5.75 Å². The quantitative estimate of drug-likeness (QED) is 0.929. The van der Waals surface area contributed by atoms with Crippen LogP contribution in [0.3, 0.4) is 0 Å². The van der Waals surface area contributed by atoms with E-state index in [2.05, 4.69) is 10.1 Å². The maximum Gasteiger partial charge on any atom is 0.387 e. The maximum atomic E-state index is 12.1. The number of aliphatic imine (C=N–C) groups is 1. The molecule has 0 amide bonds. The first-order valence-electron chi connectivity index (χ1n) is 6.78. The number of halogens is 2. The zero-order valence-corrected chi connectivity index (χ0v) is 12.2. The van der Waals surface area contributed by atoms with Crippen molar-refractivity contribution in [3.63, 3.8) is 0 Å². The van der Waals surface area contributed by atoms with Gasteiger partial charge in [0.2, 0.25) is 0 Å². The Morgan fingerprint density at radius 3 is 2.62 bits per heavy atom. The second-order valence-electron chi connectivity index (χ2n) is 5.07. The number of nitrogens with one attached hydrogen (secondary N) is 1. The Labute approximate surface area is 125 Å². The minimum atomic E-state index is -2.80. The highest BCUT2D eigenvalue weighted by Crippen LogP contribution is 2.36. The normalized spacial score (nSPS) is 20.6. The fourth-order valence-electron chi connectivity index (χ4n) is 2.40. The lowest BCUT2D eigenvalue weighted by Crippen LogP contribution is -2.34. The van der Waals surface area contributed by atoms with Gasteiger partial charge in [0.15, 0.2) is 5.17 Å². The molecular weight excluding hydrogens is 298 g/mol. The Morgan fingerprint density at radius 1 is 1.24 bits per heavy atom. The van der Waals surface area contributed by atoms with Crippen molar-refractivity contribution in [2.24, 2.45) is 4.99 Å². The van der Waals surface area contributed by atoms with E-state index in [-0.39, 0.29) is 11.3 Å². The highest BCUT2D eigenvalue weighted by molar-refractivity contribution is 8.14. The minimum Gasteiger partial charge on any atom is -0.435 e. The highest BCUT2D eigenvalue weighted by Gasteiger charge is 2.37. The van der Waals surface area contributed by atoms with E-state index in [4.69, 9.17) is 9.73 Å². The molecule has 0 radical (unpaired) electrons. The summed E-state index contributed by atoms with van der Waals surface area (Å²) in [5.41, 5.74) is 0.816. The largest absolute Gasteiger partial charge is 0.435 e. The van der Waals surface area contributed by atoms with Gasteiger partial charge in [-0.2, -0.15) is 8.78 Å². The number of amidine groups is 1. The third-order valence-corrected chi connectivity index (χ3v) is 4.72. The Hall–Kier alpha value is -1.34. The maximum absolute atomic E-state index is 12.1. The van der Waals surface area contributed by atoms with Crippen LogP contribution >= 0.6 is 11.8 Å². The predicted octanol–water partition coefficient (Wildman–Crippen LogP) is 3.35. The van der Waals surface area contributed by atoms with Crippen molar-refractivity contribution in [1.29, 1.82) is 0 Å². The molecule has 1 N–H and O–H groups in total. The Morgan fingerprint density at radius 2 is 1.95 bits per heavy atom. The van der Waals surface area contributed by atoms with Crippen LogP contribution in [0.4, 0.5) is 14.5 Å². The Balaban J connectivity index is 1.63. The van der Waals surface area contributed by atoms with Crippen LogP contribution in [0.25, 0.3) is 0 Å². The van der Waals surface area contributed by atoms with E-state index >= 15 is 0 Å². The van der Waals surface area contributed by atoms with Crippen molar-refractivity contribution in [1.82, 2.24) is 0 Å². The lowest BCUT2D eigenvalue weighted by molar-refractivity contribution is -0.0498. The summed E-state index contributed by atoms with van der Waals surface area (Å²) in [6.45, 7) is -1.28. The molecule has 0 atom stereocenters. The molecule has 7 heteroatoms. The lowest BCUT2D eigenvalue weighted by atomic mass is 9.93. The van der Waals surface area contributed by atoms with Gasteiger partial charge in [-0.25, -0.2) is 0 Å². The molecule has 1 saturated heterocycles. The molecule has 0 aromatic heterocycles. The monoisotopic (exact) mass is 314 g/mol. The number of thioether (sulfide) groups is 1. The zero-order valence-electron chi connectivity index (χ0n) is 11.4. The molecule has 0 bridgehead atoms. The van der Waals surface area contributed by atoms with Crippen molar-refractivity contribution in [3.8, 4) is 5.75 Å². The first-order valence-corrected chi connectivity index (χ1v) is 7.76. The first kappa shape index (κ1) is 14.6. The number of rotatable bonds is 3. The van der Waals surface area contributed by atoms with Gasteiger partial charge in [0.25, 0.3) is 0 Å². The molecule has 4 nitrogen and oxygen atoms in total. The van der Waals surface area contributed by atoms with Gasteiger partial charge in [-0.3, -0.25) is 4.99 Å². The predicted molar refractivity (Wildman–Crippen MR) is 79.4 cm³/mol. The van der Waals surface area contributed by atoms with Crippen LogP contribution in [0.5, 0.6) is 5.75 Å². The number of nitrogens with zero attached hydrogens (tertiary/aromatic N) is 1. The molecule has 3 rings (SSSR count). The standard InChI is InChI=1S/C14H16F2N2O2S/c15-12(16)20-11-3-1-10(2-4-11)17-13-18-14(9-21-13)5-7-19-8-6-14/h1-4,12H,5-9H2,(H,17,18). The van der Waals surface area contributed by atoms with Crippen LogP contribution < -0.4 is 10.1 Å². The van der Waals surface area contributed by atoms with E-state index in [1.165, 1.54) is 12.1 Å². The molecule has 1 fully saturated rings. The highest BCUT2D eigenvalue weighted by atomic mass is 32.2. The van der Waals surface area contributed by atoms with Crippen LogP contribution in [-0.4, -0.2) is 36.3 Å². The summed E-state index contributed by atoms with van der Waals surface area (Å²) in [4.78, 5) is 4.78. The molecule has 2 aliphatic heterocycles.